The summed E-state index contributed by atoms with van der Waals surface area (Å²) in [6.07, 6.45) is 3.05. The number of carbonyl (C=O) groups excluding carboxylic acids is 1. The topological polar surface area (TPSA) is 87.0 Å². The van der Waals surface area contributed by atoms with E-state index in [1.807, 2.05) is 0 Å². The predicted octanol–water partition coefficient (Wildman–Crippen LogP) is 0.603. The van der Waals surface area contributed by atoms with Crippen LogP contribution in [0.15, 0.2) is 0 Å². The summed E-state index contributed by atoms with van der Waals surface area (Å²) in [4.78, 5) is 11.9. The van der Waals surface area contributed by atoms with Crippen molar-refractivity contribution >= 4 is 5.97 Å². The Labute approximate surface area is 113 Å². The highest BCUT2D eigenvalue weighted by Gasteiger charge is 2.30. The summed E-state index contributed by atoms with van der Waals surface area (Å²) in [6.45, 7) is 0.315. The lowest BCUT2D eigenvalue weighted by molar-refractivity contribution is -0.153. The normalized spacial score (nSPS) is 39.8. The maximum absolute atomic E-state index is 11.9. The van der Waals surface area contributed by atoms with E-state index in [2.05, 4.69) is 0 Å². The highest BCUT2D eigenvalue weighted by molar-refractivity contribution is 5.72. The molecule has 0 spiro atoms. The molecule has 110 valence electrons. The molecule has 3 N–H and O–H groups in total. The Morgan fingerprint density at radius 1 is 1.00 bits per heavy atom. The van der Waals surface area contributed by atoms with Gasteiger partial charge in [0.05, 0.1) is 30.8 Å². The zero-order valence-corrected chi connectivity index (χ0v) is 11.2. The average molecular weight is 272 g/mol. The third-order valence-electron chi connectivity index (χ3n) is 4.33. The van der Waals surface area contributed by atoms with E-state index in [9.17, 15) is 20.1 Å². The van der Waals surface area contributed by atoms with Crippen LogP contribution in [0.5, 0.6) is 0 Å². The lowest BCUT2D eigenvalue weighted by atomic mass is 9.85. The fraction of sp³-hybridized carbons (Fsp3) is 0.929. The fourth-order valence-corrected chi connectivity index (χ4v) is 3.06. The Hall–Kier alpha value is -0.650. The minimum Gasteiger partial charge on any atom is -0.465 e. The first-order valence-electron chi connectivity index (χ1n) is 7.27. The van der Waals surface area contributed by atoms with Gasteiger partial charge < -0.3 is 20.1 Å². The quantitative estimate of drug-likeness (QED) is 0.655. The van der Waals surface area contributed by atoms with Gasteiger partial charge in [0.2, 0.25) is 0 Å². The summed E-state index contributed by atoms with van der Waals surface area (Å²) in [5.41, 5.74) is 0. The molecule has 5 nitrogen and oxygen atoms in total. The van der Waals surface area contributed by atoms with E-state index in [1.165, 1.54) is 0 Å². The summed E-state index contributed by atoms with van der Waals surface area (Å²) < 4.78 is 5.31. The lowest BCUT2D eigenvalue weighted by Gasteiger charge is -2.30. The van der Waals surface area contributed by atoms with Crippen LogP contribution < -0.4 is 0 Å². The van der Waals surface area contributed by atoms with Crippen LogP contribution in [0.25, 0.3) is 0 Å². The Morgan fingerprint density at radius 3 is 2.47 bits per heavy atom. The first kappa shape index (κ1) is 14.8. The maximum Gasteiger partial charge on any atom is 0.309 e. The summed E-state index contributed by atoms with van der Waals surface area (Å²) in [5, 5.41) is 28.5. The molecule has 0 heterocycles. The maximum atomic E-state index is 11.9. The van der Waals surface area contributed by atoms with Crippen LogP contribution in [0.4, 0.5) is 0 Å². The largest absolute Gasteiger partial charge is 0.465 e. The van der Waals surface area contributed by atoms with Crippen molar-refractivity contribution in [3.05, 3.63) is 0 Å². The molecule has 19 heavy (non-hydrogen) atoms. The van der Waals surface area contributed by atoms with Crippen LogP contribution in [0.1, 0.15) is 44.9 Å². The van der Waals surface area contributed by atoms with Gasteiger partial charge in [-0.1, -0.05) is 6.42 Å². The van der Waals surface area contributed by atoms with Crippen LogP contribution >= 0.6 is 0 Å². The van der Waals surface area contributed by atoms with Gasteiger partial charge >= 0.3 is 5.97 Å². The van der Waals surface area contributed by atoms with Crippen LogP contribution in [-0.4, -0.2) is 46.2 Å². The second-order valence-electron chi connectivity index (χ2n) is 5.96. The third kappa shape index (κ3) is 4.16. The smallest absolute Gasteiger partial charge is 0.309 e. The van der Waals surface area contributed by atoms with Gasteiger partial charge in [-0.2, -0.15) is 0 Å². The molecule has 0 amide bonds. The molecular weight excluding hydrogens is 248 g/mol. The number of esters is 1. The van der Waals surface area contributed by atoms with Crippen molar-refractivity contribution in [2.75, 3.05) is 6.61 Å². The van der Waals surface area contributed by atoms with Crippen molar-refractivity contribution in [1.29, 1.82) is 0 Å². The highest BCUT2D eigenvalue weighted by atomic mass is 16.5. The number of carbonyl (C=O) groups is 1. The van der Waals surface area contributed by atoms with Crippen molar-refractivity contribution in [3.63, 3.8) is 0 Å². The molecule has 2 saturated carbocycles. The van der Waals surface area contributed by atoms with Gasteiger partial charge in [-0.3, -0.25) is 4.79 Å². The van der Waals surface area contributed by atoms with Crippen molar-refractivity contribution < 1.29 is 24.9 Å². The van der Waals surface area contributed by atoms with Crippen LogP contribution in [-0.2, 0) is 9.53 Å². The molecule has 0 aromatic carbocycles. The Balaban J connectivity index is 1.71. The molecule has 2 aliphatic carbocycles. The molecule has 2 aliphatic rings. The molecule has 5 heteroatoms. The van der Waals surface area contributed by atoms with Crippen molar-refractivity contribution in [1.82, 2.24) is 0 Å². The summed E-state index contributed by atoms with van der Waals surface area (Å²) >= 11 is 0. The van der Waals surface area contributed by atoms with Gasteiger partial charge in [-0.05, 0) is 44.4 Å². The van der Waals surface area contributed by atoms with Gasteiger partial charge in [-0.25, -0.2) is 0 Å². The predicted molar refractivity (Wildman–Crippen MR) is 68.3 cm³/mol. The summed E-state index contributed by atoms with van der Waals surface area (Å²) in [7, 11) is 0. The zero-order chi connectivity index (χ0) is 13.8. The minimum atomic E-state index is -0.700. The number of hydrogen-bond acceptors (Lipinski definition) is 5. The van der Waals surface area contributed by atoms with E-state index in [1.54, 1.807) is 0 Å². The van der Waals surface area contributed by atoms with Crippen LogP contribution in [0.3, 0.4) is 0 Å². The first-order chi connectivity index (χ1) is 9.06. The average Bonchev–Trinajstić information content (AvgIpc) is 2.40. The Bertz CT molecular complexity index is 306. The van der Waals surface area contributed by atoms with Gasteiger partial charge in [0, 0.05) is 0 Å². The molecule has 2 rings (SSSR count). The number of aliphatic hydroxyl groups is 3. The van der Waals surface area contributed by atoms with Crippen LogP contribution in [0.2, 0.25) is 0 Å². The van der Waals surface area contributed by atoms with E-state index in [-0.39, 0.29) is 23.9 Å². The van der Waals surface area contributed by atoms with E-state index in [0.29, 0.717) is 25.9 Å². The minimum absolute atomic E-state index is 0.135. The van der Waals surface area contributed by atoms with Crippen LogP contribution in [0, 0.1) is 11.8 Å². The first-order valence-corrected chi connectivity index (χ1v) is 7.27. The fourth-order valence-electron chi connectivity index (χ4n) is 3.06. The summed E-state index contributed by atoms with van der Waals surface area (Å²) in [5.74, 6) is -0.266. The van der Waals surface area contributed by atoms with Gasteiger partial charge in [-0.15, -0.1) is 0 Å². The molecule has 0 aliphatic heterocycles. The molecule has 5 atom stereocenters. The standard InChI is InChI=1S/C14H24O5/c15-11-3-1-2-10(7-11)14(18)19-8-9-4-5-12(16)13(17)6-9/h9-13,15-17H,1-8H2. The zero-order valence-electron chi connectivity index (χ0n) is 11.2. The highest BCUT2D eigenvalue weighted by Crippen LogP contribution is 2.28. The van der Waals surface area contributed by atoms with Gasteiger partial charge in [0.15, 0.2) is 0 Å². The van der Waals surface area contributed by atoms with Gasteiger partial charge in [0.1, 0.15) is 0 Å². The Morgan fingerprint density at radius 2 is 1.79 bits per heavy atom. The number of ether oxygens (including phenoxy) is 1. The molecule has 0 bridgehead atoms. The second-order valence-corrected chi connectivity index (χ2v) is 5.96. The Kier molecular flexibility index (Phi) is 5.19. The van der Waals surface area contributed by atoms with Crippen molar-refractivity contribution in [2.45, 2.75) is 63.3 Å². The van der Waals surface area contributed by atoms with Gasteiger partial charge in [0.25, 0.3) is 0 Å². The third-order valence-corrected chi connectivity index (χ3v) is 4.33. The molecule has 0 radical (unpaired) electrons. The molecule has 0 aromatic heterocycles. The van der Waals surface area contributed by atoms with E-state index in [4.69, 9.17) is 4.74 Å². The molecule has 0 saturated heterocycles. The molecular formula is C14H24O5. The second kappa shape index (κ2) is 6.68. The molecule has 0 aromatic rings. The number of hydrogen-bond donors (Lipinski definition) is 3. The number of rotatable bonds is 3. The summed E-state index contributed by atoms with van der Waals surface area (Å²) in [6, 6.07) is 0. The SMILES string of the molecule is O=C(OCC1CCC(O)C(O)C1)C1CCCC(O)C1. The van der Waals surface area contributed by atoms with Crippen molar-refractivity contribution in [2.24, 2.45) is 11.8 Å². The van der Waals surface area contributed by atoms with E-state index < -0.39 is 12.2 Å². The molecule has 5 unspecified atom stereocenters. The van der Waals surface area contributed by atoms with Crippen molar-refractivity contribution in [3.8, 4) is 0 Å². The lowest BCUT2D eigenvalue weighted by Crippen LogP contribution is -2.36. The monoisotopic (exact) mass is 272 g/mol. The van der Waals surface area contributed by atoms with E-state index in [0.717, 1.165) is 25.7 Å². The number of aliphatic hydroxyl groups excluding tert-OH is 3. The molecule has 2 fully saturated rings. The van der Waals surface area contributed by atoms with E-state index >= 15 is 0 Å².